The van der Waals surface area contributed by atoms with Gasteiger partial charge in [0.15, 0.2) is 0 Å². The molecule has 0 bridgehead atoms. The molecule has 1 aromatic carbocycles. The van der Waals surface area contributed by atoms with Crippen molar-refractivity contribution in [3.8, 4) is 0 Å². The van der Waals surface area contributed by atoms with Gasteiger partial charge < -0.3 is 15.1 Å². The number of amides is 1. The van der Waals surface area contributed by atoms with E-state index in [1.54, 1.807) is 12.1 Å². The highest BCUT2D eigenvalue weighted by atomic mass is 79.9. The molecule has 1 N–H and O–H groups in total. The van der Waals surface area contributed by atoms with Crippen molar-refractivity contribution in [1.82, 2.24) is 15.1 Å². The summed E-state index contributed by atoms with van der Waals surface area (Å²) >= 11 is 3.35. The first-order valence-corrected chi connectivity index (χ1v) is 7.96. The molecule has 0 saturated carbocycles. The maximum Gasteiger partial charge on any atom is 0.223 e. The molecule has 1 amide bonds. The van der Waals surface area contributed by atoms with Crippen LogP contribution >= 0.6 is 15.9 Å². The minimum Gasteiger partial charge on any atom is -0.340 e. The Hall–Kier alpha value is -0.980. The Labute approximate surface area is 133 Å². The molecule has 1 aliphatic heterocycles. The van der Waals surface area contributed by atoms with Crippen LogP contribution in [0.1, 0.15) is 12.0 Å². The minimum absolute atomic E-state index is 0.179. The van der Waals surface area contributed by atoms with Crippen molar-refractivity contribution in [1.29, 1.82) is 0 Å². The highest BCUT2D eigenvalue weighted by Gasteiger charge is 2.16. The van der Waals surface area contributed by atoms with Crippen LogP contribution in [0, 0.1) is 5.82 Å². The Morgan fingerprint density at radius 1 is 1.43 bits per heavy atom. The van der Waals surface area contributed by atoms with Crippen LogP contribution in [-0.4, -0.2) is 55.5 Å². The third-order valence-corrected chi connectivity index (χ3v) is 4.12. The van der Waals surface area contributed by atoms with Gasteiger partial charge in [0.2, 0.25) is 5.91 Å². The molecular formula is C15H21BrFN3O. The first kappa shape index (κ1) is 16.4. The van der Waals surface area contributed by atoms with Crippen LogP contribution < -0.4 is 5.32 Å². The topological polar surface area (TPSA) is 35.6 Å². The largest absolute Gasteiger partial charge is 0.340 e. The zero-order valence-electron chi connectivity index (χ0n) is 12.2. The first-order valence-electron chi connectivity index (χ1n) is 7.17. The quantitative estimate of drug-likeness (QED) is 0.873. The molecule has 0 spiro atoms. The molecule has 1 saturated heterocycles. The van der Waals surface area contributed by atoms with E-state index >= 15 is 0 Å². The fourth-order valence-electron chi connectivity index (χ4n) is 2.39. The van der Waals surface area contributed by atoms with E-state index in [1.165, 1.54) is 6.07 Å². The van der Waals surface area contributed by atoms with Crippen LogP contribution in [0.2, 0.25) is 0 Å². The molecule has 1 heterocycles. The maximum atomic E-state index is 13.7. The Bertz CT molecular complexity index is 492. The van der Waals surface area contributed by atoms with Crippen molar-refractivity contribution in [2.75, 3.05) is 39.8 Å². The fraction of sp³-hybridized carbons (Fsp3) is 0.533. The van der Waals surface area contributed by atoms with Gasteiger partial charge >= 0.3 is 0 Å². The molecule has 0 atom stereocenters. The lowest BCUT2D eigenvalue weighted by atomic mass is 10.2. The predicted octanol–water partition coefficient (Wildman–Crippen LogP) is 1.84. The van der Waals surface area contributed by atoms with Gasteiger partial charge in [-0.25, -0.2) is 4.39 Å². The molecule has 6 heteroatoms. The van der Waals surface area contributed by atoms with Crippen LogP contribution in [0.5, 0.6) is 0 Å². The van der Waals surface area contributed by atoms with Crippen molar-refractivity contribution in [3.05, 3.63) is 34.1 Å². The zero-order chi connectivity index (χ0) is 15.2. The van der Waals surface area contributed by atoms with E-state index in [9.17, 15) is 9.18 Å². The van der Waals surface area contributed by atoms with Crippen molar-refractivity contribution in [3.63, 3.8) is 0 Å². The molecule has 0 radical (unpaired) electrons. The molecule has 2 rings (SSSR count). The van der Waals surface area contributed by atoms with Gasteiger partial charge in [0.1, 0.15) is 5.82 Å². The summed E-state index contributed by atoms with van der Waals surface area (Å²) in [6.07, 6.45) is 0.478. The normalized spacial score (nSPS) is 15.5. The number of rotatable bonds is 5. The molecule has 21 heavy (non-hydrogen) atoms. The fourth-order valence-corrected chi connectivity index (χ4v) is 2.80. The Balaban J connectivity index is 1.80. The summed E-state index contributed by atoms with van der Waals surface area (Å²) in [7, 11) is 1.91. The summed E-state index contributed by atoms with van der Waals surface area (Å²) in [6, 6.07) is 4.93. The number of nitrogens with zero attached hydrogens (tertiary/aromatic N) is 2. The lowest BCUT2D eigenvalue weighted by Gasteiger charge is -2.28. The standard InChI is InChI=1S/C15H21BrFN3O/c1-19(11-12-10-13(16)2-3-14(12)17)7-4-15(21)20-8-5-18-6-9-20/h2-3,10,18H,4-9,11H2,1H3. The van der Waals surface area contributed by atoms with E-state index in [2.05, 4.69) is 21.2 Å². The molecule has 4 nitrogen and oxygen atoms in total. The lowest BCUT2D eigenvalue weighted by Crippen LogP contribution is -2.47. The second-order valence-corrected chi connectivity index (χ2v) is 6.27. The monoisotopic (exact) mass is 357 g/mol. The van der Waals surface area contributed by atoms with Gasteiger partial charge in [-0.3, -0.25) is 4.79 Å². The molecule has 1 aromatic rings. The van der Waals surface area contributed by atoms with Crippen LogP contribution in [0.3, 0.4) is 0 Å². The number of halogens is 2. The highest BCUT2D eigenvalue weighted by molar-refractivity contribution is 9.10. The van der Waals surface area contributed by atoms with Crippen LogP contribution in [0.15, 0.2) is 22.7 Å². The van der Waals surface area contributed by atoms with E-state index in [-0.39, 0.29) is 11.7 Å². The van der Waals surface area contributed by atoms with Gasteiger partial charge in [-0.1, -0.05) is 15.9 Å². The number of carbonyl (C=O) groups excluding carboxylic acids is 1. The third-order valence-electron chi connectivity index (χ3n) is 3.63. The van der Waals surface area contributed by atoms with E-state index in [0.717, 1.165) is 30.7 Å². The number of hydrogen-bond acceptors (Lipinski definition) is 3. The van der Waals surface area contributed by atoms with Crippen molar-refractivity contribution in [2.45, 2.75) is 13.0 Å². The van der Waals surface area contributed by atoms with Crippen molar-refractivity contribution >= 4 is 21.8 Å². The number of benzene rings is 1. The molecule has 1 fully saturated rings. The SMILES string of the molecule is CN(CCC(=O)N1CCNCC1)Cc1cc(Br)ccc1F. The summed E-state index contributed by atoms with van der Waals surface area (Å²) in [5.41, 5.74) is 0.640. The Morgan fingerprint density at radius 3 is 2.86 bits per heavy atom. The van der Waals surface area contributed by atoms with Crippen molar-refractivity contribution < 1.29 is 9.18 Å². The average Bonchev–Trinajstić information content (AvgIpc) is 2.49. The van der Waals surface area contributed by atoms with Crippen LogP contribution in [-0.2, 0) is 11.3 Å². The molecule has 1 aliphatic rings. The second kappa shape index (κ2) is 7.87. The number of piperazine rings is 1. The maximum absolute atomic E-state index is 13.7. The van der Waals surface area contributed by atoms with Gasteiger partial charge in [0.25, 0.3) is 0 Å². The number of hydrogen-bond donors (Lipinski definition) is 1. The molecule has 116 valence electrons. The third kappa shape index (κ3) is 5.05. The Kier molecular flexibility index (Phi) is 6.14. The van der Waals surface area contributed by atoms with Crippen LogP contribution in [0.4, 0.5) is 4.39 Å². The Morgan fingerprint density at radius 2 is 2.14 bits per heavy atom. The highest BCUT2D eigenvalue weighted by Crippen LogP contribution is 2.17. The second-order valence-electron chi connectivity index (χ2n) is 5.35. The summed E-state index contributed by atoms with van der Waals surface area (Å²) in [5, 5.41) is 3.23. The molecule has 0 aromatic heterocycles. The summed E-state index contributed by atoms with van der Waals surface area (Å²) in [4.78, 5) is 15.9. The van der Waals surface area contributed by atoms with Gasteiger partial charge in [-0.15, -0.1) is 0 Å². The van der Waals surface area contributed by atoms with Crippen LogP contribution in [0.25, 0.3) is 0 Å². The average molecular weight is 358 g/mol. The summed E-state index contributed by atoms with van der Waals surface area (Å²) in [5.74, 6) is -0.0310. The summed E-state index contributed by atoms with van der Waals surface area (Å²) < 4.78 is 14.6. The lowest BCUT2D eigenvalue weighted by molar-refractivity contribution is -0.132. The predicted molar refractivity (Wildman–Crippen MR) is 84.5 cm³/mol. The number of nitrogens with one attached hydrogen (secondary N) is 1. The zero-order valence-corrected chi connectivity index (χ0v) is 13.8. The van der Waals surface area contributed by atoms with Gasteiger partial charge in [0, 0.05) is 55.7 Å². The van der Waals surface area contributed by atoms with E-state index in [4.69, 9.17) is 0 Å². The smallest absolute Gasteiger partial charge is 0.223 e. The van der Waals surface area contributed by atoms with Gasteiger partial charge in [-0.05, 0) is 25.2 Å². The van der Waals surface area contributed by atoms with E-state index in [0.29, 0.717) is 25.1 Å². The molecule has 0 aliphatic carbocycles. The molecular weight excluding hydrogens is 337 g/mol. The summed E-state index contributed by atoms with van der Waals surface area (Å²) in [6.45, 7) is 4.43. The van der Waals surface area contributed by atoms with Gasteiger partial charge in [-0.2, -0.15) is 0 Å². The van der Waals surface area contributed by atoms with Crippen molar-refractivity contribution in [2.24, 2.45) is 0 Å². The first-order chi connectivity index (χ1) is 10.1. The van der Waals surface area contributed by atoms with E-state index in [1.807, 2.05) is 16.8 Å². The minimum atomic E-state index is -0.210. The number of carbonyl (C=O) groups is 1. The van der Waals surface area contributed by atoms with Gasteiger partial charge in [0.05, 0.1) is 0 Å². The van der Waals surface area contributed by atoms with E-state index < -0.39 is 0 Å². The molecule has 0 unspecified atom stereocenters.